The second-order valence-electron chi connectivity index (χ2n) is 3.11. The van der Waals surface area contributed by atoms with Crippen LogP contribution in [0.15, 0.2) is 29.3 Å². The molecule has 2 unspecified atom stereocenters. The fourth-order valence-electron chi connectivity index (χ4n) is 1.57. The van der Waals surface area contributed by atoms with E-state index >= 15 is 0 Å². The fraction of sp³-hybridized carbons (Fsp3) is 0.400. The largest absolute Gasteiger partial charge is 0.481 e. The first-order chi connectivity index (χ1) is 6.66. The summed E-state index contributed by atoms with van der Waals surface area (Å²) in [6.07, 6.45) is 8.41. The number of allylic oxidation sites excluding steroid dienone is 2. The van der Waals surface area contributed by atoms with Gasteiger partial charge in [-0.05, 0) is 6.42 Å². The Hall–Kier alpha value is -1.67. The molecule has 0 radical (unpaired) electrons. The number of isocyanates is 1. The highest BCUT2D eigenvalue weighted by atomic mass is 16.4. The van der Waals surface area contributed by atoms with Gasteiger partial charge in [0.15, 0.2) is 0 Å². The van der Waals surface area contributed by atoms with E-state index in [4.69, 9.17) is 5.11 Å². The van der Waals surface area contributed by atoms with Crippen molar-refractivity contribution in [2.24, 2.45) is 10.9 Å². The first kappa shape index (κ1) is 10.4. The Morgan fingerprint density at radius 2 is 2.36 bits per heavy atom. The van der Waals surface area contributed by atoms with Crippen LogP contribution in [0.3, 0.4) is 0 Å². The second kappa shape index (κ2) is 4.03. The lowest BCUT2D eigenvalue weighted by atomic mass is 9.79. The maximum absolute atomic E-state index is 10.9. The van der Waals surface area contributed by atoms with Gasteiger partial charge < -0.3 is 5.11 Å². The van der Waals surface area contributed by atoms with Crippen molar-refractivity contribution in [2.75, 3.05) is 0 Å². The summed E-state index contributed by atoms with van der Waals surface area (Å²) in [7, 11) is 0. The van der Waals surface area contributed by atoms with Crippen molar-refractivity contribution >= 4 is 12.0 Å². The van der Waals surface area contributed by atoms with Crippen LogP contribution >= 0.6 is 0 Å². The molecule has 2 atom stereocenters. The van der Waals surface area contributed by atoms with Crippen LogP contribution in [-0.2, 0) is 9.59 Å². The Labute approximate surface area is 81.7 Å². The van der Waals surface area contributed by atoms with Crippen molar-refractivity contribution in [1.29, 1.82) is 0 Å². The van der Waals surface area contributed by atoms with Gasteiger partial charge >= 0.3 is 5.97 Å². The lowest BCUT2D eigenvalue weighted by Gasteiger charge is -2.29. The summed E-state index contributed by atoms with van der Waals surface area (Å²) in [5.74, 6) is -1.76. The molecule has 0 fully saturated rings. The van der Waals surface area contributed by atoms with E-state index in [0.29, 0.717) is 6.42 Å². The predicted octanol–water partition coefficient (Wildman–Crippen LogP) is 1.30. The molecule has 0 saturated heterocycles. The second-order valence-corrected chi connectivity index (χ2v) is 3.11. The van der Waals surface area contributed by atoms with Crippen molar-refractivity contribution in [1.82, 2.24) is 0 Å². The number of hydrogen-bond acceptors (Lipinski definition) is 3. The van der Waals surface area contributed by atoms with E-state index in [1.807, 2.05) is 0 Å². The number of carbonyl (C=O) groups is 1. The molecule has 4 heteroatoms. The van der Waals surface area contributed by atoms with Crippen molar-refractivity contribution < 1.29 is 14.7 Å². The monoisotopic (exact) mass is 193 g/mol. The number of aliphatic carboxylic acids is 1. The van der Waals surface area contributed by atoms with Crippen LogP contribution in [0, 0.1) is 5.92 Å². The quantitative estimate of drug-likeness (QED) is 0.542. The van der Waals surface area contributed by atoms with Gasteiger partial charge in [0.1, 0.15) is 11.5 Å². The third-order valence-corrected chi connectivity index (χ3v) is 2.42. The van der Waals surface area contributed by atoms with Crippen LogP contribution in [0.1, 0.15) is 13.3 Å². The number of carbonyl (C=O) groups excluding carboxylic acids is 1. The number of nitrogens with zero attached hydrogens (tertiary/aromatic N) is 1. The minimum Gasteiger partial charge on any atom is -0.481 e. The van der Waals surface area contributed by atoms with Gasteiger partial charge in [-0.2, -0.15) is 4.99 Å². The zero-order valence-corrected chi connectivity index (χ0v) is 7.80. The van der Waals surface area contributed by atoms with Crippen LogP contribution in [0.25, 0.3) is 0 Å². The summed E-state index contributed by atoms with van der Waals surface area (Å²) in [4.78, 5) is 24.8. The van der Waals surface area contributed by atoms with Gasteiger partial charge in [-0.25, -0.2) is 4.79 Å². The van der Waals surface area contributed by atoms with E-state index in [1.165, 1.54) is 12.2 Å². The molecule has 0 aromatic heterocycles. The van der Waals surface area contributed by atoms with E-state index < -0.39 is 17.4 Å². The zero-order valence-electron chi connectivity index (χ0n) is 7.80. The fourth-order valence-corrected chi connectivity index (χ4v) is 1.57. The molecule has 1 aliphatic rings. The first-order valence-corrected chi connectivity index (χ1v) is 4.34. The predicted molar refractivity (Wildman–Crippen MR) is 50.5 cm³/mol. The van der Waals surface area contributed by atoms with E-state index in [1.54, 1.807) is 25.2 Å². The lowest BCUT2D eigenvalue weighted by molar-refractivity contribution is -0.141. The van der Waals surface area contributed by atoms with Crippen LogP contribution in [0.2, 0.25) is 0 Å². The van der Waals surface area contributed by atoms with Crippen molar-refractivity contribution in [3.8, 4) is 0 Å². The highest BCUT2D eigenvalue weighted by Crippen LogP contribution is 2.31. The minimum atomic E-state index is -0.980. The van der Waals surface area contributed by atoms with Gasteiger partial charge in [0.05, 0.1) is 0 Å². The molecule has 14 heavy (non-hydrogen) atoms. The van der Waals surface area contributed by atoms with Crippen LogP contribution < -0.4 is 0 Å². The van der Waals surface area contributed by atoms with E-state index in [9.17, 15) is 9.59 Å². The maximum atomic E-state index is 10.9. The molecular formula is C10H11NO3. The normalized spacial score (nSPS) is 29.6. The van der Waals surface area contributed by atoms with E-state index in [-0.39, 0.29) is 0 Å². The smallest absolute Gasteiger partial charge is 0.313 e. The lowest BCUT2D eigenvalue weighted by Crippen LogP contribution is -2.38. The SMILES string of the molecule is CCC1(N=C=O)C=CC=CC1C(=O)O. The summed E-state index contributed by atoms with van der Waals surface area (Å²) < 4.78 is 0. The number of hydrogen-bond donors (Lipinski definition) is 1. The molecule has 0 amide bonds. The first-order valence-electron chi connectivity index (χ1n) is 4.34. The number of aliphatic imine (C=N–C) groups is 1. The molecule has 0 aliphatic heterocycles. The van der Waals surface area contributed by atoms with Gasteiger partial charge in [0.25, 0.3) is 0 Å². The topological polar surface area (TPSA) is 66.7 Å². The molecule has 0 heterocycles. The Morgan fingerprint density at radius 1 is 1.64 bits per heavy atom. The standard InChI is InChI=1S/C10H11NO3/c1-2-10(11-7-12)6-4-3-5-8(10)9(13)14/h3-6,8H,2H2,1H3,(H,13,14). The molecule has 1 rings (SSSR count). The molecule has 0 aromatic rings. The summed E-state index contributed by atoms with van der Waals surface area (Å²) in [5.41, 5.74) is -0.956. The van der Waals surface area contributed by atoms with E-state index in [0.717, 1.165) is 0 Å². The molecule has 1 N–H and O–H groups in total. The van der Waals surface area contributed by atoms with Gasteiger partial charge in [-0.15, -0.1) is 0 Å². The Morgan fingerprint density at radius 3 is 2.86 bits per heavy atom. The average Bonchev–Trinajstić information content (AvgIpc) is 2.18. The Balaban J connectivity index is 3.14. The minimum absolute atomic E-state index is 0.458. The van der Waals surface area contributed by atoms with Crippen molar-refractivity contribution in [3.63, 3.8) is 0 Å². The number of carboxylic acids is 1. The molecule has 74 valence electrons. The van der Waals surface area contributed by atoms with Gasteiger partial charge in [-0.1, -0.05) is 31.2 Å². The van der Waals surface area contributed by atoms with Crippen LogP contribution in [0.4, 0.5) is 0 Å². The molecule has 1 aliphatic carbocycles. The van der Waals surface area contributed by atoms with Gasteiger partial charge in [0, 0.05) is 0 Å². The summed E-state index contributed by atoms with van der Waals surface area (Å²) >= 11 is 0. The van der Waals surface area contributed by atoms with Crippen LogP contribution in [-0.4, -0.2) is 22.7 Å². The summed E-state index contributed by atoms with van der Waals surface area (Å²) in [6.45, 7) is 1.79. The van der Waals surface area contributed by atoms with Gasteiger partial charge in [-0.3, -0.25) is 4.79 Å². The number of rotatable bonds is 3. The van der Waals surface area contributed by atoms with Crippen LogP contribution in [0.5, 0.6) is 0 Å². The third kappa shape index (κ3) is 1.65. The molecule has 0 saturated carbocycles. The molecule has 4 nitrogen and oxygen atoms in total. The number of carboxylic acid groups (broad SMARTS) is 1. The van der Waals surface area contributed by atoms with Crippen molar-refractivity contribution in [2.45, 2.75) is 18.9 Å². The summed E-state index contributed by atoms with van der Waals surface area (Å²) in [5, 5.41) is 8.96. The Kier molecular flexibility index (Phi) is 2.99. The molecule has 0 bridgehead atoms. The third-order valence-electron chi connectivity index (χ3n) is 2.42. The highest BCUT2D eigenvalue weighted by molar-refractivity contribution is 5.75. The summed E-state index contributed by atoms with van der Waals surface area (Å²) in [6, 6.07) is 0. The van der Waals surface area contributed by atoms with E-state index in [2.05, 4.69) is 4.99 Å². The molecule has 0 aromatic carbocycles. The maximum Gasteiger partial charge on any atom is 0.313 e. The average molecular weight is 193 g/mol. The zero-order chi connectivity index (χ0) is 10.6. The Bertz CT molecular complexity index is 339. The molecular weight excluding hydrogens is 182 g/mol. The highest BCUT2D eigenvalue weighted by Gasteiger charge is 2.39. The van der Waals surface area contributed by atoms with Gasteiger partial charge in [0.2, 0.25) is 6.08 Å². The molecule has 0 spiro atoms. The van der Waals surface area contributed by atoms with Crippen molar-refractivity contribution in [3.05, 3.63) is 24.3 Å².